The molecule has 0 aliphatic heterocycles. The minimum Gasteiger partial charge on any atom is -0.409 e. The van der Waals surface area contributed by atoms with Gasteiger partial charge in [0.15, 0.2) is 0 Å². The van der Waals surface area contributed by atoms with E-state index in [4.69, 9.17) is 15.7 Å². The Hall–Kier alpha value is -0.850. The quantitative estimate of drug-likeness (QED) is 0.157. The van der Waals surface area contributed by atoms with E-state index in [0.717, 1.165) is 19.7 Å². The van der Waals surface area contributed by atoms with Crippen molar-refractivity contribution in [1.29, 1.82) is 0 Å². The third-order valence-corrected chi connectivity index (χ3v) is 1.79. The Labute approximate surface area is 91.1 Å². The monoisotopic (exact) mass is 218 g/mol. The molecule has 0 spiro atoms. The third-order valence-electron chi connectivity index (χ3n) is 1.79. The number of ether oxygens (including phenoxy) is 1. The number of nitrogens with two attached hydrogens (primary N) is 1. The number of hydrogen-bond acceptors (Lipinski definition) is 5. The van der Waals surface area contributed by atoms with Gasteiger partial charge in [0.1, 0.15) is 5.84 Å². The lowest BCUT2D eigenvalue weighted by atomic mass is 10.4. The van der Waals surface area contributed by atoms with Crippen molar-refractivity contribution in [2.45, 2.75) is 6.42 Å². The van der Waals surface area contributed by atoms with Crippen LogP contribution in [0.3, 0.4) is 0 Å². The minimum atomic E-state index is 0.246. The van der Waals surface area contributed by atoms with Gasteiger partial charge in [-0.15, -0.1) is 0 Å². The Bertz CT molecular complexity index is 173. The van der Waals surface area contributed by atoms with Crippen LogP contribution in [0.5, 0.6) is 0 Å². The molecule has 0 saturated carbocycles. The highest BCUT2D eigenvalue weighted by atomic mass is 16.5. The number of likely N-dealkylation sites (N-methyl/N-ethyl adjacent to an activating group) is 1. The van der Waals surface area contributed by atoms with Crippen LogP contribution >= 0.6 is 0 Å². The summed E-state index contributed by atoms with van der Waals surface area (Å²) in [7, 11) is 4.03. The first kappa shape index (κ1) is 14.2. The lowest BCUT2D eigenvalue weighted by Gasteiger charge is -2.10. The normalized spacial score (nSPS) is 12.3. The lowest BCUT2D eigenvalue weighted by Crippen LogP contribution is -2.26. The summed E-state index contributed by atoms with van der Waals surface area (Å²) in [6, 6.07) is 0. The van der Waals surface area contributed by atoms with Crippen molar-refractivity contribution in [1.82, 2.24) is 10.2 Å². The van der Waals surface area contributed by atoms with Gasteiger partial charge in [0.2, 0.25) is 0 Å². The molecule has 0 atom stereocenters. The fourth-order valence-corrected chi connectivity index (χ4v) is 0.885. The van der Waals surface area contributed by atoms with Gasteiger partial charge in [-0.1, -0.05) is 5.16 Å². The number of nitrogens with zero attached hydrogens (tertiary/aromatic N) is 2. The van der Waals surface area contributed by atoms with E-state index >= 15 is 0 Å². The molecule has 0 aromatic rings. The van der Waals surface area contributed by atoms with Gasteiger partial charge in [0, 0.05) is 26.1 Å². The molecule has 0 radical (unpaired) electrons. The van der Waals surface area contributed by atoms with E-state index in [1.807, 2.05) is 14.1 Å². The summed E-state index contributed by atoms with van der Waals surface area (Å²) < 4.78 is 5.36. The lowest BCUT2D eigenvalue weighted by molar-refractivity contribution is 0.119. The van der Waals surface area contributed by atoms with Gasteiger partial charge in [-0.25, -0.2) is 0 Å². The van der Waals surface area contributed by atoms with E-state index in [9.17, 15) is 0 Å². The summed E-state index contributed by atoms with van der Waals surface area (Å²) in [6.07, 6.45) is 0.550. The van der Waals surface area contributed by atoms with Gasteiger partial charge >= 0.3 is 0 Å². The van der Waals surface area contributed by atoms with E-state index in [2.05, 4.69) is 15.4 Å². The number of oxime groups is 1. The summed E-state index contributed by atoms with van der Waals surface area (Å²) >= 11 is 0. The molecule has 0 fully saturated rings. The standard InChI is InChI=1S/C9H22N4O2/c1-13(2)6-8-15-7-5-11-4-3-9(10)12-14/h11,14H,3-8H2,1-2H3,(H2,10,12). The molecule has 6 heteroatoms. The van der Waals surface area contributed by atoms with Gasteiger partial charge in [0.25, 0.3) is 0 Å². The zero-order valence-corrected chi connectivity index (χ0v) is 9.57. The van der Waals surface area contributed by atoms with Crippen LogP contribution in [0.25, 0.3) is 0 Å². The highest BCUT2D eigenvalue weighted by Gasteiger charge is 1.93. The van der Waals surface area contributed by atoms with Gasteiger partial charge < -0.3 is 25.9 Å². The van der Waals surface area contributed by atoms with Crippen molar-refractivity contribution in [2.75, 3.05) is 46.9 Å². The fraction of sp³-hybridized carbons (Fsp3) is 0.889. The van der Waals surface area contributed by atoms with Crippen LogP contribution in [0.15, 0.2) is 5.16 Å². The van der Waals surface area contributed by atoms with E-state index in [-0.39, 0.29) is 5.84 Å². The second-order valence-corrected chi connectivity index (χ2v) is 3.51. The first-order chi connectivity index (χ1) is 7.16. The van der Waals surface area contributed by atoms with Crippen molar-refractivity contribution in [3.63, 3.8) is 0 Å². The van der Waals surface area contributed by atoms with Gasteiger partial charge in [-0.3, -0.25) is 0 Å². The summed E-state index contributed by atoms with van der Waals surface area (Å²) in [6.45, 7) is 3.85. The zero-order chi connectivity index (χ0) is 11.5. The molecule has 0 saturated heterocycles. The van der Waals surface area contributed by atoms with Crippen LogP contribution in [0, 0.1) is 0 Å². The van der Waals surface area contributed by atoms with Gasteiger partial charge in [0.05, 0.1) is 13.2 Å². The van der Waals surface area contributed by atoms with Gasteiger partial charge in [-0.2, -0.15) is 0 Å². The summed E-state index contributed by atoms with van der Waals surface area (Å²) in [5.74, 6) is 0.246. The van der Waals surface area contributed by atoms with Crippen LogP contribution in [0.2, 0.25) is 0 Å². The minimum absolute atomic E-state index is 0.246. The molecular weight excluding hydrogens is 196 g/mol. The topological polar surface area (TPSA) is 83.1 Å². The Morgan fingerprint density at radius 1 is 1.40 bits per heavy atom. The van der Waals surface area contributed by atoms with E-state index in [1.165, 1.54) is 0 Å². The summed E-state index contributed by atoms with van der Waals surface area (Å²) in [5.41, 5.74) is 5.29. The number of hydrogen-bond donors (Lipinski definition) is 3. The number of rotatable bonds is 9. The Balaban J connectivity index is 3.05. The average molecular weight is 218 g/mol. The van der Waals surface area contributed by atoms with Crippen molar-refractivity contribution in [2.24, 2.45) is 10.9 Å². The molecule has 15 heavy (non-hydrogen) atoms. The second-order valence-electron chi connectivity index (χ2n) is 3.51. The summed E-state index contributed by atoms with van der Waals surface area (Å²) in [5, 5.41) is 14.3. The molecule has 0 unspecified atom stereocenters. The summed E-state index contributed by atoms with van der Waals surface area (Å²) in [4.78, 5) is 2.08. The Morgan fingerprint density at radius 3 is 2.73 bits per heavy atom. The predicted octanol–water partition coefficient (Wildman–Crippen LogP) is -0.709. The van der Waals surface area contributed by atoms with Crippen LogP contribution in [0.1, 0.15) is 6.42 Å². The molecule has 6 nitrogen and oxygen atoms in total. The third kappa shape index (κ3) is 11.1. The van der Waals surface area contributed by atoms with Gasteiger partial charge in [-0.05, 0) is 14.1 Å². The van der Waals surface area contributed by atoms with Crippen molar-refractivity contribution >= 4 is 5.84 Å². The van der Waals surface area contributed by atoms with E-state index in [1.54, 1.807) is 0 Å². The van der Waals surface area contributed by atoms with Crippen molar-refractivity contribution in [3.05, 3.63) is 0 Å². The molecule has 0 rings (SSSR count). The Morgan fingerprint density at radius 2 is 2.13 bits per heavy atom. The maximum atomic E-state index is 8.27. The highest BCUT2D eigenvalue weighted by Crippen LogP contribution is 1.79. The Kier molecular flexibility index (Phi) is 9.15. The molecule has 0 heterocycles. The van der Waals surface area contributed by atoms with Crippen molar-refractivity contribution in [3.8, 4) is 0 Å². The average Bonchev–Trinajstić information content (AvgIpc) is 2.21. The number of nitrogens with one attached hydrogen (secondary N) is 1. The predicted molar refractivity (Wildman–Crippen MR) is 60.3 cm³/mol. The van der Waals surface area contributed by atoms with E-state index in [0.29, 0.717) is 19.6 Å². The number of amidine groups is 1. The first-order valence-electron chi connectivity index (χ1n) is 5.06. The zero-order valence-electron chi connectivity index (χ0n) is 9.57. The molecule has 0 aromatic carbocycles. The van der Waals surface area contributed by atoms with Crippen molar-refractivity contribution < 1.29 is 9.94 Å². The SMILES string of the molecule is CN(C)CCOCCNCCC(N)=NO. The molecule has 0 aliphatic carbocycles. The van der Waals surface area contributed by atoms with Crippen LogP contribution < -0.4 is 11.1 Å². The second kappa shape index (κ2) is 9.70. The molecule has 0 bridgehead atoms. The maximum absolute atomic E-state index is 8.27. The molecule has 0 amide bonds. The molecular formula is C9H22N4O2. The molecule has 0 aromatic heterocycles. The largest absolute Gasteiger partial charge is 0.409 e. The van der Waals surface area contributed by atoms with Crippen LogP contribution in [-0.2, 0) is 4.74 Å². The van der Waals surface area contributed by atoms with Crippen LogP contribution in [0.4, 0.5) is 0 Å². The molecule has 90 valence electrons. The maximum Gasteiger partial charge on any atom is 0.140 e. The first-order valence-corrected chi connectivity index (χ1v) is 5.06. The molecule has 0 aliphatic rings. The molecule has 4 N–H and O–H groups in total. The van der Waals surface area contributed by atoms with Crippen LogP contribution in [-0.4, -0.2) is 62.9 Å². The smallest absolute Gasteiger partial charge is 0.140 e. The highest BCUT2D eigenvalue weighted by molar-refractivity contribution is 5.79. The van der Waals surface area contributed by atoms with E-state index < -0.39 is 0 Å². The fourth-order valence-electron chi connectivity index (χ4n) is 0.885.